The number of likely N-dealkylation sites (N-methyl/N-ethyl adjacent to an activating group) is 1. The first-order valence-corrected chi connectivity index (χ1v) is 8.24. The van der Waals surface area contributed by atoms with Gasteiger partial charge >= 0.3 is 0 Å². The van der Waals surface area contributed by atoms with Crippen molar-refractivity contribution in [2.24, 2.45) is 5.92 Å². The Kier molecular flexibility index (Phi) is 2.90. The number of hydrogen-bond acceptors (Lipinski definition) is 2. The average molecular weight is 286 g/mol. The van der Waals surface area contributed by atoms with E-state index in [1.54, 1.807) is 5.56 Å². The van der Waals surface area contributed by atoms with Crippen molar-refractivity contribution >= 4 is 23.5 Å². The summed E-state index contributed by atoms with van der Waals surface area (Å²) in [7, 11) is 2.30. The lowest BCUT2D eigenvalue weighted by Crippen LogP contribution is -2.47. The quantitative estimate of drug-likeness (QED) is 0.789. The highest BCUT2D eigenvalue weighted by Crippen LogP contribution is 2.44. The Morgan fingerprint density at radius 2 is 2.20 bits per heavy atom. The van der Waals surface area contributed by atoms with Crippen LogP contribution in [0.3, 0.4) is 0 Å². The number of hydrogen-bond donors (Lipinski definition) is 1. The van der Waals surface area contributed by atoms with Gasteiger partial charge in [-0.15, -0.1) is 0 Å². The first-order valence-electron chi connectivity index (χ1n) is 7.60. The normalized spacial score (nSPS) is 29.6. The van der Waals surface area contributed by atoms with Gasteiger partial charge in [0.25, 0.3) is 0 Å². The smallest absolute Gasteiger partial charge is 0.0653 e. The molecule has 106 valence electrons. The van der Waals surface area contributed by atoms with Crippen LogP contribution in [0.15, 0.2) is 24.4 Å². The molecule has 1 fully saturated rings. The molecular formula is C17H22N2S. The molecule has 0 bridgehead atoms. The van der Waals surface area contributed by atoms with E-state index in [1.807, 2.05) is 0 Å². The number of thiol groups is 1. The summed E-state index contributed by atoms with van der Waals surface area (Å²) in [6, 6.07) is 7.51. The van der Waals surface area contributed by atoms with Gasteiger partial charge in [0.15, 0.2) is 0 Å². The van der Waals surface area contributed by atoms with Crippen LogP contribution in [0.5, 0.6) is 0 Å². The molecule has 2 nitrogen and oxygen atoms in total. The lowest BCUT2D eigenvalue weighted by atomic mass is 9.73. The average Bonchev–Trinajstić information content (AvgIpc) is 2.80. The Morgan fingerprint density at radius 3 is 3.00 bits per heavy atom. The van der Waals surface area contributed by atoms with Crippen molar-refractivity contribution in [3.63, 3.8) is 0 Å². The molecule has 0 amide bonds. The Morgan fingerprint density at radius 1 is 1.35 bits per heavy atom. The van der Waals surface area contributed by atoms with Crippen LogP contribution in [0.25, 0.3) is 10.9 Å². The fourth-order valence-electron chi connectivity index (χ4n) is 4.51. The van der Waals surface area contributed by atoms with Crippen LogP contribution in [0.2, 0.25) is 0 Å². The predicted octanol–water partition coefficient (Wildman–Crippen LogP) is 3.51. The third-order valence-electron chi connectivity index (χ3n) is 5.28. The van der Waals surface area contributed by atoms with Crippen molar-refractivity contribution in [3.05, 3.63) is 35.5 Å². The molecule has 20 heavy (non-hydrogen) atoms. The van der Waals surface area contributed by atoms with E-state index in [4.69, 9.17) is 0 Å². The van der Waals surface area contributed by atoms with Gasteiger partial charge in [-0.1, -0.05) is 19.1 Å². The zero-order chi connectivity index (χ0) is 13.9. The van der Waals surface area contributed by atoms with Crippen molar-refractivity contribution in [3.8, 4) is 0 Å². The van der Waals surface area contributed by atoms with Gasteiger partial charge in [0.2, 0.25) is 0 Å². The summed E-state index contributed by atoms with van der Waals surface area (Å²) in [6.45, 7) is 3.63. The first kappa shape index (κ1) is 12.8. The number of fused-ring (bicyclic) bond motifs is 2. The van der Waals surface area contributed by atoms with Crippen LogP contribution < -0.4 is 0 Å². The molecule has 1 aliphatic carbocycles. The van der Waals surface area contributed by atoms with Gasteiger partial charge in [0.05, 0.1) is 5.88 Å². The molecule has 2 aromatic rings. The van der Waals surface area contributed by atoms with Crippen LogP contribution in [0, 0.1) is 5.92 Å². The number of aromatic nitrogens is 1. The van der Waals surface area contributed by atoms with Crippen molar-refractivity contribution in [1.82, 2.24) is 9.47 Å². The lowest BCUT2D eigenvalue weighted by molar-refractivity contribution is 0.119. The zero-order valence-electron chi connectivity index (χ0n) is 12.2. The molecule has 0 radical (unpaired) electrons. The van der Waals surface area contributed by atoms with Gasteiger partial charge in [0, 0.05) is 35.6 Å². The molecule has 1 aromatic heterocycles. The standard InChI is InChI=1S/C17H22N2S/c1-11-6-14-13-4-3-5-15-17(13)12(9-19(15)10-20)7-16(14)18(2)8-11/h3-5,9,11,14,16,20H,6-8,10H2,1-2H3/t11-,14-,16-/m1/s1. The van der Waals surface area contributed by atoms with Gasteiger partial charge in [-0.05, 0) is 43.0 Å². The monoisotopic (exact) mass is 286 g/mol. The molecule has 1 aromatic carbocycles. The third kappa shape index (κ3) is 1.69. The molecule has 1 saturated heterocycles. The second-order valence-corrected chi connectivity index (χ2v) is 6.95. The van der Waals surface area contributed by atoms with Crippen LogP contribution in [0.1, 0.15) is 30.4 Å². The number of piperidine rings is 1. The highest BCUT2D eigenvalue weighted by Gasteiger charge is 2.38. The highest BCUT2D eigenvalue weighted by molar-refractivity contribution is 7.79. The van der Waals surface area contributed by atoms with E-state index in [2.05, 4.69) is 60.5 Å². The van der Waals surface area contributed by atoms with Crippen molar-refractivity contribution in [2.75, 3.05) is 13.6 Å². The molecule has 2 heterocycles. The molecule has 4 rings (SSSR count). The minimum absolute atomic E-state index is 0.681. The molecule has 0 spiro atoms. The lowest BCUT2D eigenvalue weighted by Gasteiger charge is -2.44. The fraction of sp³-hybridized carbons (Fsp3) is 0.529. The van der Waals surface area contributed by atoms with E-state index in [0.717, 1.165) is 11.8 Å². The summed E-state index contributed by atoms with van der Waals surface area (Å²) in [5.41, 5.74) is 4.46. The first-order chi connectivity index (χ1) is 9.69. The Hall–Kier alpha value is -0.930. The maximum absolute atomic E-state index is 4.48. The highest BCUT2D eigenvalue weighted by atomic mass is 32.1. The molecular weight excluding hydrogens is 264 g/mol. The second-order valence-electron chi connectivity index (χ2n) is 6.67. The number of likely N-dealkylation sites (tertiary alicyclic amines) is 1. The summed E-state index contributed by atoms with van der Waals surface area (Å²) in [5.74, 6) is 2.27. The van der Waals surface area contributed by atoms with E-state index in [-0.39, 0.29) is 0 Å². The van der Waals surface area contributed by atoms with Crippen LogP contribution in [-0.4, -0.2) is 29.1 Å². The van der Waals surface area contributed by atoms with Crippen molar-refractivity contribution in [1.29, 1.82) is 0 Å². The Bertz CT molecular complexity index is 660. The summed E-state index contributed by atoms with van der Waals surface area (Å²) in [4.78, 5) is 2.58. The van der Waals surface area contributed by atoms with Crippen LogP contribution in [0.4, 0.5) is 0 Å². The molecule has 0 saturated carbocycles. The van der Waals surface area contributed by atoms with Crippen LogP contribution in [-0.2, 0) is 12.3 Å². The summed E-state index contributed by atoms with van der Waals surface area (Å²) >= 11 is 4.48. The number of rotatable bonds is 1. The maximum atomic E-state index is 4.48. The minimum atomic E-state index is 0.681. The van der Waals surface area contributed by atoms with Gasteiger partial charge < -0.3 is 9.47 Å². The van der Waals surface area contributed by atoms with Crippen LogP contribution >= 0.6 is 12.6 Å². The number of nitrogens with zero attached hydrogens (tertiary/aromatic N) is 2. The van der Waals surface area contributed by atoms with Gasteiger partial charge in [0.1, 0.15) is 0 Å². The number of benzene rings is 1. The van der Waals surface area contributed by atoms with E-state index >= 15 is 0 Å². The second kappa shape index (κ2) is 4.54. The molecule has 3 atom stereocenters. The topological polar surface area (TPSA) is 8.17 Å². The van der Waals surface area contributed by atoms with E-state index in [9.17, 15) is 0 Å². The van der Waals surface area contributed by atoms with Gasteiger partial charge in [-0.3, -0.25) is 0 Å². The van der Waals surface area contributed by atoms with E-state index in [1.165, 1.54) is 35.9 Å². The Balaban J connectivity index is 1.93. The molecule has 2 aliphatic rings. The largest absolute Gasteiger partial charge is 0.338 e. The van der Waals surface area contributed by atoms with Crippen molar-refractivity contribution < 1.29 is 0 Å². The molecule has 3 heteroatoms. The minimum Gasteiger partial charge on any atom is -0.338 e. The SMILES string of the molecule is C[C@@H]1C[C@@H]2c3cccc4c3c(cn4CS)C[C@H]2N(C)C1. The predicted molar refractivity (Wildman–Crippen MR) is 87.6 cm³/mol. The fourth-order valence-corrected chi connectivity index (χ4v) is 4.74. The molecule has 0 unspecified atom stereocenters. The summed E-state index contributed by atoms with van der Waals surface area (Å²) in [6.07, 6.45) is 4.85. The Labute approximate surface area is 126 Å². The van der Waals surface area contributed by atoms with Gasteiger partial charge in [-0.25, -0.2) is 0 Å². The van der Waals surface area contributed by atoms with Crippen molar-refractivity contribution in [2.45, 2.75) is 37.6 Å². The molecule has 1 aliphatic heterocycles. The zero-order valence-corrected chi connectivity index (χ0v) is 13.1. The summed E-state index contributed by atoms with van der Waals surface area (Å²) in [5, 5.41) is 1.52. The maximum Gasteiger partial charge on any atom is 0.0653 e. The third-order valence-corrected chi connectivity index (χ3v) is 5.59. The molecule has 0 N–H and O–H groups in total. The van der Waals surface area contributed by atoms with E-state index < -0.39 is 0 Å². The summed E-state index contributed by atoms with van der Waals surface area (Å²) < 4.78 is 2.29. The van der Waals surface area contributed by atoms with E-state index in [0.29, 0.717) is 12.0 Å². The van der Waals surface area contributed by atoms with Gasteiger partial charge in [-0.2, -0.15) is 12.6 Å².